The van der Waals surface area contributed by atoms with E-state index in [1.807, 2.05) is 20.9 Å². The minimum absolute atomic E-state index is 0.164. The summed E-state index contributed by atoms with van der Waals surface area (Å²) in [4.78, 5) is 12.1. The summed E-state index contributed by atoms with van der Waals surface area (Å²) in [6.07, 6.45) is 1.77. The van der Waals surface area contributed by atoms with Crippen LogP contribution in [-0.2, 0) is 7.05 Å². The van der Waals surface area contributed by atoms with E-state index in [4.69, 9.17) is 5.84 Å². The number of carbonyl (C=O) groups excluding carboxylic acids is 1. The van der Waals surface area contributed by atoms with Crippen molar-refractivity contribution >= 4 is 17.3 Å². The summed E-state index contributed by atoms with van der Waals surface area (Å²) >= 11 is 0. The molecule has 2 aromatic rings. The average Bonchev–Trinajstić information content (AvgIpc) is 2.67. The number of anilines is 2. The maximum atomic E-state index is 12.1. The van der Waals surface area contributed by atoms with Crippen molar-refractivity contribution in [2.45, 2.75) is 13.8 Å². The molecule has 0 saturated carbocycles. The molecule has 0 spiro atoms. The van der Waals surface area contributed by atoms with Crippen molar-refractivity contribution in [1.29, 1.82) is 0 Å². The van der Waals surface area contributed by atoms with Gasteiger partial charge in [0.05, 0.1) is 17.1 Å². The van der Waals surface area contributed by atoms with Crippen molar-refractivity contribution in [1.82, 2.24) is 9.78 Å². The molecule has 6 nitrogen and oxygen atoms in total. The Labute approximate surface area is 111 Å². The minimum atomic E-state index is -0.164. The molecule has 4 N–H and O–H groups in total. The number of hydrogen-bond acceptors (Lipinski definition) is 4. The van der Waals surface area contributed by atoms with E-state index in [0.29, 0.717) is 11.3 Å². The molecule has 0 fully saturated rings. The number of nitrogens with one attached hydrogen (secondary N) is 2. The normalized spacial score (nSPS) is 10.3. The van der Waals surface area contributed by atoms with Gasteiger partial charge in [0.15, 0.2) is 0 Å². The van der Waals surface area contributed by atoms with Gasteiger partial charge in [0, 0.05) is 18.8 Å². The van der Waals surface area contributed by atoms with Crippen molar-refractivity contribution in [3.05, 3.63) is 41.2 Å². The largest absolute Gasteiger partial charge is 0.324 e. The first-order valence-electron chi connectivity index (χ1n) is 5.90. The Kier molecular flexibility index (Phi) is 3.52. The Hall–Kier alpha value is -2.34. The molecule has 1 amide bonds. The molecular formula is C13H17N5O. The van der Waals surface area contributed by atoms with E-state index in [9.17, 15) is 4.79 Å². The second-order valence-corrected chi connectivity index (χ2v) is 4.43. The Morgan fingerprint density at radius 3 is 2.58 bits per heavy atom. The van der Waals surface area contributed by atoms with E-state index in [-0.39, 0.29) is 5.91 Å². The average molecular weight is 259 g/mol. The molecule has 0 bridgehead atoms. The highest BCUT2D eigenvalue weighted by Crippen LogP contribution is 2.17. The number of rotatable bonds is 3. The molecule has 0 unspecified atom stereocenters. The fraction of sp³-hybridized carbons (Fsp3) is 0.231. The lowest BCUT2D eigenvalue weighted by molar-refractivity contribution is 0.102. The lowest BCUT2D eigenvalue weighted by Gasteiger charge is -2.08. The van der Waals surface area contributed by atoms with Crippen LogP contribution in [0.5, 0.6) is 0 Å². The Balaban J connectivity index is 2.20. The second kappa shape index (κ2) is 5.11. The first-order valence-corrected chi connectivity index (χ1v) is 5.90. The number of nitrogens with zero attached hydrogens (tertiary/aromatic N) is 2. The maximum absolute atomic E-state index is 12.1. The number of nitrogens with two attached hydrogens (primary N) is 1. The number of amides is 1. The van der Waals surface area contributed by atoms with Gasteiger partial charge in [-0.15, -0.1) is 0 Å². The number of aromatic nitrogens is 2. The molecule has 0 aliphatic rings. The second-order valence-electron chi connectivity index (χ2n) is 4.43. The highest BCUT2D eigenvalue weighted by molar-refractivity contribution is 6.04. The molecule has 0 aliphatic heterocycles. The summed E-state index contributed by atoms with van der Waals surface area (Å²) in [5, 5.41) is 7.02. The first-order chi connectivity index (χ1) is 9.01. The first kappa shape index (κ1) is 13.1. The minimum Gasteiger partial charge on any atom is -0.324 e. The van der Waals surface area contributed by atoms with Crippen LogP contribution in [0.25, 0.3) is 0 Å². The van der Waals surface area contributed by atoms with Crippen LogP contribution >= 0.6 is 0 Å². The SMILES string of the molecule is Cc1cc(C(=O)Nc2cn(C)nc2C)ccc1NN. The van der Waals surface area contributed by atoms with Crippen LogP contribution in [0.4, 0.5) is 11.4 Å². The molecule has 0 atom stereocenters. The van der Waals surface area contributed by atoms with Gasteiger partial charge < -0.3 is 10.7 Å². The van der Waals surface area contributed by atoms with E-state index in [1.54, 1.807) is 29.1 Å². The van der Waals surface area contributed by atoms with Gasteiger partial charge in [0.2, 0.25) is 0 Å². The molecule has 0 saturated heterocycles. The zero-order chi connectivity index (χ0) is 14.0. The van der Waals surface area contributed by atoms with Gasteiger partial charge in [-0.2, -0.15) is 5.10 Å². The lowest BCUT2D eigenvalue weighted by Crippen LogP contribution is -2.13. The summed E-state index contributed by atoms with van der Waals surface area (Å²) in [6.45, 7) is 3.74. The van der Waals surface area contributed by atoms with Crippen LogP contribution < -0.4 is 16.6 Å². The molecule has 2 rings (SSSR count). The van der Waals surface area contributed by atoms with E-state index in [2.05, 4.69) is 15.8 Å². The van der Waals surface area contributed by atoms with Gasteiger partial charge in [-0.3, -0.25) is 15.3 Å². The van der Waals surface area contributed by atoms with E-state index < -0.39 is 0 Å². The van der Waals surface area contributed by atoms with E-state index >= 15 is 0 Å². The molecule has 6 heteroatoms. The van der Waals surface area contributed by atoms with Gasteiger partial charge >= 0.3 is 0 Å². The molecular weight excluding hydrogens is 242 g/mol. The predicted octanol–water partition coefficient (Wildman–Crippen LogP) is 1.57. The molecule has 0 aliphatic carbocycles. The Bertz CT molecular complexity index is 617. The summed E-state index contributed by atoms with van der Waals surface area (Å²) in [7, 11) is 1.81. The fourth-order valence-corrected chi connectivity index (χ4v) is 1.88. The Morgan fingerprint density at radius 2 is 2.05 bits per heavy atom. The third-order valence-electron chi connectivity index (χ3n) is 2.91. The van der Waals surface area contributed by atoms with E-state index in [1.165, 1.54) is 0 Å². The molecule has 100 valence electrons. The van der Waals surface area contributed by atoms with Crippen LogP contribution in [0.1, 0.15) is 21.6 Å². The summed E-state index contributed by atoms with van der Waals surface area (Å²) in [5.74, 6) is 5.20. The van der Waals surface area contributed by atoms with Crippen molar-refractivity contribution in [2.75, 3.05) is 10.7 Å². The number of hydrogen-bond donors (Lipinski definition) is 3. The standard InChI is InChI=1S/C13H17N5O/c1-8-6-10(4-5-11(8)16-14)13(19)15-12-7-18(3)17-9(12)2/h4-7,16H,14H2,1-3H3,(H,15,19). The molecule has 1 aromatic heterocycles. The van der Waals surface area contributed by atoms with Gasteiger partial charge in [-0.25, -0.2) is 0 Å². The number of aryl methyl sites for hydroxylation is 3. The van der Waals surface area contributed by atoms with Gasteiger partial charge in [-0.05, 0) is 37.6 Å². The molecule has 1 heterocycles. The maximum Gasteiger partial charge on any atom is 0.255 e. The Morgan fingerprint density at radius 1 is 1.32 bits per heavy atom. The lowest BCUT2D eigenvalue weighted by atomic mass is 10.1. The smallest absolute Gasteiger partial charge is 0.255 e. The van der Waals surface area contributed by atoms with Crippen LogP contribution in [0.15, 0.2) is 24.4 Å². The summed E-state index contributed by atoms with van der Waals surface area (Å²) in [6, 6.07) is 5.29. The van der Waals surface area contributed by atoms with Crippen molar-refractivity contribution in [3.8, 4) is 0 Å². The molecule has 0 radical (unpaired) electrons. The predicted molar refractivity (Wildman–Crippen MR) is 74.9 cm³/mol. The van der Waals surface area contributed by atoms with Crippen molar-refractivity contribution < 1.29 is 4.79 Å². The van der Waals surface area contributed by atoms with Crippen molar-refractivity contribution in [2.24, 2.45) is 12.9 Å². The quantitative estimate of drug-likeness (QED) is 0.577. The zero-order valence-electron chi connectivity index (χ0n) is 11.2. The van der Waals surface area contributed by atoms with E-state index in [0.717, 1.165) is 16.9 Å². The van der Waals surface area contributed by atoms with Crippen LogP contribution in [0, 0.1) is 13.8 Å². The molecule has 19 heavy (non-hydrogen) atoms. The molecule has 1 aromatic carbocycles. The monoisotopic (exact) mass is 259 g/mol. The fourth-order valence-electron chi connectivity index (χ4n) is 1.88. The van der Waals surface area contributed by atoms with Crippen LogP contribution in [0.2, 0.25) is 0 Å². The summed E-state index contributed by atoms with van der Waals surface area (Å²) < 4.78 is 1.66. The third kappa shape index (κ3) is 2.74. The number of carbonyl (C=O) groups is 1. The van der Waals surface area contributed by atoms with Crippen LogP contribution in [-0.4, -0.2) is 15.7 Å². The number of nitrogen functional groups attached to an aromatic ring is 1. The van der Waals surface area contributed by atoms with Gasteiger partial charge in [0.25, 0.3) is 5.91 Å². The number of benzene rings is 1. The topological polar surface area (TPSA) is 85.0 Å². The van der Waals surface area contributed by atoms with Crippen LogP contribution in [0.3, 0.4) is 0 Å². The third-order valence-corrected chi connectivity index (χ3v) is 2.91. The highest BCUT2D eigenvalue weighted by atomic mass is 16.1. The van der Waals surface area contributed by atoms with Crippen molar-refractivity contribution in [3.63, 3.8) is 0 Å². The van der Waals surface area contributed by atoms with Gasteiger partial charge in [-0.1, -0.05) is 0 Å². The summed E-state index contributed by atoms with van der Waals surface area (Å²) in [5.41, 5.74) is 6.38. The van der Waals surface area contributed by atoms with Gasteiger partial charge in [0.1, 0.15) is 0 Å². The number of hydrazine groups is 1. The highest BCUT2D eigenvalue weighted by Gasteiger charge is 2.11. The zero-order valence-corrected chi connectivity index (χ0v) is 11.2.